The zero-order valence-electron chi connectivity index (χ0n) is 17.0. The van der Waals surface area contributed by atoms with Crippen LogP contribution in [0.3, 0.4) is 0 Å². The van der Waals surface area contributed by atoms with Gasteiger partial charge in [-0.05, 0) is 50.5 Å². The van der Waals surface area contributed by atoms with Crippen LogP contribution < -0.4 is 14.8 Å². The van der Waals surface area contributed by atoms with Crippen LogP contribution in [0.25, 0.3) is 0 Å². The number of piperidine rings is 1. The van der Waals surface area contributed by atoms with Crippen LogP contribution in [0.1, 0.15) is 35.7 Å². The maximum absolute atomic E-state index is 12.5. The monoisotopic (exact) mass is 396 g/mol. The fourth-order valence-corrected chi connectivity index (χ4v) is 3.44. The second-order valence-corrected chi connectivity index (χ2v) is 7.11. The lowest BCUT2D eigenvalue weighted by atomic mass is 10.0. The molecule has 6 nitrogen and oxygen atoms in total. The van der Waals surface area contributed by atoms with E-state index in [0.717, 1.165) is 18.4 Å². The summed E-state index contributed by atoms with van der Waals surface area (Å²) in [7, 11) is 0. The molecule has 0 aliphatic carbocycles. The standard InChI is InChI=1S/C23H28N2O4/c1-3-28-20-10-6-7-11-21(20)29-16-22(26)25-14-12-18(13-15-25)24-23(27)19-9-5-4-8-17(19)2/h4-11,18H,3,12-16H2,1-2H3,(H,24,27). The zero-order chi connectivity index (χ0) is 20.6. The van der Waals surface area contributed by atoms with E-state index in [-0.39, 0.29) is 24.5 Å². The number of carbonyl (C=O) groups is 2. The van der Waals surface area contributed by atoms with Gasteiger partial charge < -0.3 is 19.7 Å². The fourth-order valence-electron chi connectivity index (χ4n) is 3.44. The van der Waals surface area contributed by atoms with Gasteiger partial charge in [0.2, 0.25) is 0 Å². The number of nitrogens with zero attached hydrogens (tertiary/aromatic N) is 1. The summed E-state index contributed by atoms with van der Waals surface area (Å²) in [6.45, 7) is 5.56. The first-order valence-corrected chi connectivity index (χ1v) is 10.1. The van der Waals surface area contributed by atoms with Crippen molar-refractivity contribution in [2.24, 2.45) is 0 Å². The number of para-hydroxylation sites is 2. The number of benzene rings is 2. The lowest BCUT2D eigenvalue weighted by Gasteiger charge is -2.32. The molecule has 2 aromatic carbocycles. The van der Waals surface area contributed by atoms with E-state index < -0.39 is 0 Å². The number of hydrogen-bond donors (Lipinski definition) is 1. The number of ether oxygens (including phenoxy) is 2. The summed E-state index contributed by atoms with van der Waals surface area (Å²) < 4.78 is 11.2. The molecule has 1 N–H and O–H groups in total. The minimum atomic E-state index is -0.0556. The average Bonchev–Trinajstić information content (AvgIpc) is 2.74. The Kier molecular flexibility index (Phi) is 7.11. The Bertz CT molecular complexity index is 844. The minimum absolute atomic E-state index is 0.0235. The van der Waals surface area contributed by atoms with Gasteiger partial charge >= 0.3 is 0 Å². The van der Waals surface area contributed by atoms with Gasteiger partial charge in [-0.3, -0.25) is 9.59 Å². The summed E-state index contributed by atoms with van der Waals surface area (Å²) in [5, 5.41) is 3.09. The van der Waals surface area contributed by atoms with Crippen molar-refractivity contribution in [2.75, 3.05) is 26.3 Å². The summed E-state index contributed by atoms with van der Waals surface area (Å²) >= 11 is 0. The zero-order valence-corrected chi connectivity index (χ0v) is 17.0. The molecule has 0 saturated carbocycles. The topological polar surface area (TPSA) is 67.9 Å². The lowest BCUT2D eigenvalue weighted by molar-refractivity contribution is -0.134. The van der Waals surface area contributed by atoms with Crippen molar-refractivity contribution in [3.05, 3.63) is 59.7 Å². The fraction of sp³-hybridized carbons (Fsp3) is 0.391. The average molecular weight is 396 g/mol. The maximum Gasteiger partial charge on any atom is 0.260 e. The molecule has 6 heteroatoms. The molecule has 0 bridgehead atoms. The molecule has 3 rings (SSSR count). The molecule has 2 amide bonds. The van der Waals surface area contributed by atoms with E-state index in [1.165, 1.54) is 0 Å². The minimum Gasteiger partial charge on any atom is -0.490 e. The van der Waals surface area contributed by atoms with Crippen LogP contribution in [-0.2, 0) is 4.79 Å². The highest BCUT2D eigenvalue weighted by Gasteiger charge is 2.25. The van der Waals surface area contributed by atoms with Gasteiger partial charge in [-0.15, -0.1) is 0 Å². The van der Waals surface area contributed by atoms with E-state index in [1.54, 1.807) is 11.0 Å². The number of amides is 2. The third-order valence-corrected chi connectivity index (χ3v) is 5.07. The van der Waals surface area contributed by atoms with Crippen LogP contribution >= 0.6 is 0 Å². The van der Waals surface area contributed by atoms with E-state index in [2.05, 4.69) is 5.32 Å². The van der Waals surface area contributed by atoms with Crippen LogP contribution in [-0.4, -0.2) is 49.1 Å². The lowest BCUT2D eigenvalue weighted by Crippen LogP contribution is -2.47. The quantitative estimate of drug-likeness (QED) is 0.780. The Morgan fingerprint density at radius 1 is 1.00 bits per heavy atom. The predicted octanol–water partition coefficient (Wildman–Crippen LogP) is 3.19. The van der Waals surface area contributed by atoms with Crippen LogP contribution in [0.5, 0.6) is 11.5 Å². The highest BCUT2D eigenvalue weighted by Crippen LogP contribution is 2.26. The van der Waals surface area contributed by atoms with Crippen molar-refractivity contribution < 1.29 is 19.1 Å². The van der Waals surface area contributed by atoms with Crippen LogP contribution in [0.2, 0.25) is 0 Å². The largest absolute Gasteiger partial charge is 0.490 e. The summed E-state index contributed by atoms with van der Waals surface area (Å²) in [5.74, 6) is 1.10. The molecule has 0 radical (unpaired) electrons. The van der Waals surface area contributed by atoms with Crippen molar-refractivity contribution in [2.45, 2.75) is 32.7 Å². The van der Waals surface area contributed by atoms with Gasteiger partial charge in [0, 0.05) is 24.7 Å². The van der Waals surface area contributed by atoms with Crippen LogP contribution in [0.4, 0.5) is 0 Å². The van der Waals surface area contributed by atoms with E-state index in [9.17, 15) is 9.59 Å². The second-order valence-electron chi connectivity index (χ2n) is 7.11. The van der Waals surface area contributed by atoms with Gasteiger partial charge in [-0.1, -0.05) is 30.3 Å². The molecule has 29 heavy (non-hydrogen) atoms. The Morgan fingerprint density at radius 3 is 2.28 bits per heavy atom. The Balaban J connectivity index is 1.46. The SMILES string of the molecule is CCOc1ccccc1OCC(=O)N1CCC(NC(=O)c2ccccc2C)CC1. The number of hydrogen-bond acceptors (Lipinski definition) is 4. The van der Waals surface area contributed by atoms with Crippen molar-refractivity contribution >= 4 is 11.8 Å². The van der Waals surface area contributed by atoms with Crippen LogP contribution in [0, 0.1) is 6.92 Å². The van der Waals surface area contributed by atoms with E-state index in [1.807, 2.05) is 56.3 Å². The first-order valence-electron chi connectivity index (χ1n) is 10.1. The molecule has 1 saturated heterocycles. The van der Waals surface area contributed by atoms with Crippen molar-refractivity contribution in [1.82, 2.24) is 10.2 Å². The Hall–Kier alpha value is -3.02. The number of rotatable bonds is 7. The maximum atomic E-state index is 12.5. The van der Waals surface area contributed by atoms with E-state index in [4.69, 9.17) is 9.47 Å². The molecule has 1 heterocycles. The first-order chi connectivity index (χ1) is 14.1. The molecule has 1 fully saturated rings. The summed E-state index contributed by atoms with van der Waals surface area (Å²) in [6, 6.07) is 15.0. The molecule has 154 valence electrons. The van der Waals surface area contributed by atoms with Crippen LogP contribution in [0.15, 0.2) is 48.5 Å². The smallest absolute Gasteiger partial charge is 0.260 e. The molecular weight excluding hydrogens is 368 g/mol. The first kappa shape index (κ1) is 20.7. The summed E-state index contributed by atoms with van der Waals surface area (Å²) in [5.41, 5.74) is 1.66. The van der Waals surface area contributed by atoms with Crippen molar-refractivity contribution in [3.8, 4) is 11.5 Å². The number of likely N-dealkylation sites (tertiary alicyclic amines) is 1. The highest BCUT2D eigenvalue weighted by molar-refractivity contribution is 5.95. The van der Waals surface area contributed by atoms with E-state index in [0.29, 0.717) is 36.8 Å². The molecule has 0 unspecified atom stereocenters. The summed E-state index contributed by atoms with van der Waals surface area (Å²) in [6.07, 6.45) is 1.47. The van der Waals surface area contributed by atoms with Crippen molar-refractivity contribution in [3.63, 3.8) is 0 Å². The van der Waals surface area contributed by atoms with Gasteiger partial charge in [0.25, 0.3) is 11.8 Å². The van der Waals surface area contributed by atoms with Gasteiger partial charge in [0.15, 0.2) is 18.1 Å². The van der Waals surface area contributed by atoms with Gasteiger partial charge in [0.05, 0.1) is 6.61 Å². The molecule has 0 spiro atoms. The molecule has 0 aromatic heterocycles. The molecule has 0 atom stereocenters. The van der Waals surface area contributed by atoms with Gasteiger partial charge in [0.1, 0.15) is 0 Å². The number of nitrogens with one attached hydrogen (secondary N) is 1. The molecular formula is C23H28N2O4. The van der Waals surface area contributed by atoms with Crippen molar-refractivity contribution in [1.29, 1.82) is 0 Å². The normalized spacial score (nSPS) is 14.3. The molecule has 1 aliphatic heterocycles. The number of aryl methyl sites for hydroxylation is 1. The third-order valence-electron chi connectivity index (χ3n) is 5.07. The third kappa shape index (κ3) is 5.50. The summed E-state index contributed by atoms with van der Waals surface area (Å²) in [4.78, 5) is 26.8. The Morgan fingerprint density at radius 2 is 1.62 bits per heavy atom. The highest BCUT2D eigenvalue weighted by atomic mass is 16.5. The molecule has 1 aliphatic rings. The van der Waals surface area contributed by atoms with Gasteiger partial charge in [-0.2, -0.15) is 0 Å². The number of carbonyl (C=O) groups excluding carboxylic acids is 2. The Labute approximate surface area is 171 Å². The second kappa shape index (κ2) is 9.96. The van der Waals surface area contributed by atoms with Gasteiger partial charge in [-0.25, -0.2) is 0 Å². The predicted molar refractivity (Wildman–Crippen MR) is 111 cm³/mol. The molecule has 2 aromatic rings. The van der Waals surface area contributed by atoms with E-state index >= 15 is 0 Å².